The van der Waals surface area contributed by atoms with Crippen LogP contribution in [0.5, 0.6) is 0 Å². The van der Waals surface area contributed by atoms with Gasteiger partial charge in [0, 0.05) is 9.35 Å². The predicted molar refractivity (Wildman–Crippen MR) is 77.4 cm³/mol. The molecule has 0 bridgehead atoms. The molecule has 1 unspecified atom stereocenters. The molecule has 17 heavy (non-hydrogen) atoms. The van der Waals surface area contributed by atoms with Crippen LogP contribution in [0.15, 0.2) is 34.1 Å². The molecule has 1 atom stereocenters. The quantitative estimate of drug-likeness (QED) is 0.658. The van der Waals surface area contributed by atoms with Gasteiger partial charge >= 0.3 is 0 Å². The van der Waals surface area contributed by atoms with Gasteiger partial charge in [-0.05, 0) is 57.6 Å². The summed E-state index contributed by atoms with van der Waals surface area (Å²) in [6.07, 6.45) is 0. The molecule has 0 saturated heterocycles. The van der Waals surface area contributed by atoms with Crippen LogP contribution in [-0.4, -0.2) is 0 Å². The maximum absolute atomic E-state index is 5.99. The zero-order valence-corrected chi connectivity index (χ0v) is 12.4. The predicted octanol–water partition coefficient (Wildman–Crippen LogP) is 4.03. The van der Waals surface area contributed by atoms with Crippen LogP contribution in [0.3, 0.4) is 0 Å². The lowest BCUT2D eigenvalue weighted by Crippen LogP contribution is -2.28. The van der Waals surface area contributed by atoms with Gasteiger partial charge in [0.25, 0.3) is 0 Å². The molecule has 1 heterocycles. The van der Waals surface area contributed by atoms with E-state index in [0.29, 0.717) is 5.02 Å². The van der Waals surface area contributed by atoms with Crippen molar-refractivity contribution in [1.82, 2.24) is 5.43 Å². The van der Waals surface area contributed by atoms with E-state index >= 15 is 0 Å². The highest BCUT2D eigenvalue weighted by Crippen LogP contribution is 2.31. The molecule has 2 nitrogen and oxygen atoms in total. The minimum Gasteiger partial charge on any atom is -0.271 e. The molecule has 0 fully saturated rings. The summed E-state index contributed by atoms with van der Waals surface area (Å²) in [5.41, 5.74) is 5.14. The normalized spacial score (nSPS) is 12.7. The Hall–Kier alpha value is -0.390. The first-order valence-corrected chi connectivity index (χ1v) is 7.13. The maximum Gasteiger partial charge on any atom is 0.0721 e. The first-order valence-electron chi connectivity index (χ1n) is 5.08. The molecule has 0 amide bonds. The Kier molecular flexibility index (Phi) is 4.22. The van der Waals surface area contributed by atoms with Crippen LogP contribution in [0, 0.1) is 6.92 Å². The van der Waals surface area contributed by atoms with Crippen molar-refractivity contribution in [3.8, 4) is 0 Å². The summed E-state index contributed by atoms with van der Waals surface area (Å²) >= 11 is 11.1. The number of halogens is 2. The fraction of sp³-hybridized carbons (Fsp3) is 0.167. The Morgan fingerprint density at radius 1 is 1.41 bits per heavy atom. The standard InChI is InChI=1S/C12H12BrClN2S/c1-7-9(4-5-17-7)12(16-15)8-2-3-11(14)10(13)6-8/h2-6,12,16H,15H2,1H3. The summed E-state index contributed by atoms with van der Waals surface area (Å²) in [6.45, 7) is 2.09. The fourth-order valence-electron chi connectivity index (χ4n) is 1.75. The molecule has 90 valence electrons. The highest BCUT2D eigenvalue weighted by molar-refractivity contribution is 9.10. The van der Waals surface area contributed by atoms with E-state index in [1.54, 1.807) is 11.3 Å². The van der Waals surface area contributed by atoms with E-state index in [1.165, 1.54) is 10.4 Å². The number of nitrogens with one attached hydrogen (secondary N) is 1. The second-order valence-corrected chi connectivity index (χ2v) is 6.09. The van der Waals surface area contributed by atoms with Crippen molar-refractivity contribution in [2.45, 2.75) is 13.0 Å². The number of benzene rings is 1. The molecule has 0 aliphatic rings. The number of hydrazine groups is 1. The third kappa shape index (κ3) is 2.72. The average molecular weight is 332 g/mol. The second-order valence-electron chi connectivity index (χ2n) is 3.71. The number of aryl methyl sites for hydroxylation is 1. The van der Waals surface area contributed by atoms with Crippen LogP contribution in [0.2, 0.25) is 5.02 Å². The molecule has 1 aromatic heterocycles. The van der Waals surface area contributed by atoms with Crippen LogP contribution in [0.4, 0.5) is 0 Å². The molecule has 2 aromatic rings. The SMILES string of the molecule is Cc1sccc1C(NN)c1ccc(Cl)c(Br)c1. The first-order chi connectivity index (χ1) is 8.13. The van der Waals surface area contributed by atoms with Crippen molar-refractivity contribution in [3.05, 3.63) is 55.1 Å². The molecule has 0 spiro atoms. The summed E-state index contributed by atoms with van der Waals surface area (Å²) in [5.74, 6) is 5.66. The van der Waals surface area contributed by atoms with Gasteiger partial charge in [-0.15, -0.1) is 11.3 Å². The van der Waals surface area contributed by atoms with Crippen LogP contribution < -0.4 is 11.3 Å². The number of rotatable bonds is 3. The molecular weight excluding hydrogens is 320 g/mol. The number of hydrogen-bond donors (Lipinski definition) is 2. The van der Waals surface area contributed by atoms with Gasteiger partial charge in [0.05, 0.1) is 11.1 Å². The lowest BCUT2D eigenvalue weighted by Gasteiger charge is -2.17. The van der Waals surface area contributed by atoms with Crippen molar-refractivity contribution in [1.29, 1.82) is 0 Å². The Bertz CT molecular complexity index is 527. The number of nitrogens with two attached hydrogens (primary N) is 1. The summed E-state index contributed by atoms with van der Waals surface area (Å²) < 4.78 is 0.879. The molecule has 5 heteroatoms. The highest BCUT2D eigenvalue weighted by Gasteiger charge is 2.16. The Balaban J connectivity index is 2.42. The van der Waals surface area contributed by atoms with Gasteiger partial charge in [0.1, 0.15) is 0 Å². The number of thiophene rings is 1. The summed E-state index contributed by atoms with van der Waals surface area (Å²) in [7, 11) is 0. The highest BCUT2D eigenvalue weighted by atomic mass is 79.9. The summed E-state index contributed by atoms with van der Waals surface area (Å²) in [4.78, 5) is 1.26. The molecule has 0 radical (unpaired) electrons. The molecule has 3 N–H and O–H groups in total. The van der Waals surface area contributed by atoms with Gasteiger partial charge in [-0.25, -0.2) is 5.43 Å². The van der Waals surface area contributed by atoms with Crippen molar-refractivity contribution < 1.29 is 0 Å². The van der Waals surface area contributed by atoms with Gasteiger partial charge in [-0.2, -0.15) is 0 Å². The van der Waals surface area contributed by atoms with E-state index < -0.39 is 0 Å². The zero-order valence-electron chi connectivity index (χ0n) is 9.21. The molecule has 0 aliphatic heterocycles. The molecule has 0 aliphatic carbocycles. The molecule has 2 rings (SSSR count). The molecule has 0 saturated carbocycles. The fourth-order valence-corrected chi connectivity index (χ4v) is 3.01. The van der Waals surface area contributed by atoms with Gasteiger partial charge < -0.3 is 0 Å². The van der Waals surface area contributed by atoms with Gasteiger partial charge in [-0.3, -0.25) is 5.84 Å². The minimum absolute atomic E-state index is 0.00480. The Morgan fingerprint density at radius 2 is 2.18 bits per heavy atom. The van der Waals surface area contributed by atoms with Crippen molar-refractivity contribution in [3.63, 3.8) is 0 Å². The lowest BCUT2D eigenvalue weighted by molar-refractivity contribution is 0.636. The number of hydrogen-bond acceptors (Lipinski definition) is 3. The average Bonchev–Trinajstić information content (AvgIpc) is 2.71. The summed E-state index contributed by atoms with van der Waals surface area (Å²) in [6, 6.07) is 7.92. The van der Waals surface area contributed by atoms with Gasteiger partial charge in [-0.1, -0.05) is 17.7 Å². The van der Waals surface area contributed by atoms with Crippen molar-refractivity contribution in [2.75, 3.05) is 0 Å². The first kappa shape index (κ1) is 13.1. The smallest absolute Gasteiger partial charge is 0.0721 e. The van der Waals surface area contributed by atoms with Crippen LogP contribution in [0.25, 0.3) is 0 Å². The van der Waals surface area contributed by atoms with Crippen molar-refractivity contribution >= 4 is 38.9 Å². The Labute approximate surface area is 118 Å². The van der Waals surface area contributed by atoms with Crippen LogP contribution in [0.1, 0.15) is 22.0 Å². The van der Waals surface area contributed by atoms with Crippen LogP contribution in [-0.2, 0) is 0 Å². The maximum atomic E-state index is 5.99. The molecule has 1 aromatic carbocycles. The molecular formula is C12H12BrClN2S. The Morgan fingerprint density at radius 3 is 2.71 bits per heavy atom. The van der Waals surface area contributed by atoms with E-state index in [1.807, 2.05) is 18.2 Å². The van der Waals surface area contributed by atoms with Gasteiger partial charge in [0.2, 0.25) is 0 Å². The van der Waals surface area contributed by atoms with E-state index in [-0.39, 0.29) is 6.04 Å². The van der Waals surface area contributed by atoms with Gasteiger partial charge in [0.15, 0.2) is 0 Å². The minimum atomic E-state index is -0.00480. The van der Waals surface area contributed by atoms with Crippen molar-refractivity contribution in [2.24, 2.45) is 5.84 Å². The van der Waals surface area contributed by atoms with Crippen LogP contribution >= 0.6 is 38.9 Å². The lowest BCUT2D eigenvalue weighted by atomic mass is 10.0. The van der Waals surface area contributed by atoms with E-state index in [4.69, 9.17) is 17.4 Å². The monoisotopic (exact) mass is 330 g/mol. The third-order valence-electron chi connectivity index (χ3n) is 2.65. The van der Waals surface area contributed by atoms with E-state index in [0.717, 1.165) is 10.0 Å². The van der Waals surface area contributed by atoms with E-state index in [9.17, 15) is 0 Å². The third-order valence-corrected chi connectivity index (χ3v) is 4.73. The largest absolute Gasteiger partial charge is 0.271 e. The van der Waals surface area contributed by atoms with E-state index in [2.05, 4.69) is 39.7 Å². The topological polar surface area (TPSA) is 38.0 Å². The zero-order chi connectivity index (χ0) is 12.4. The summed E-state index contributed by atoms with van der Waals surface area (Å²) in [5, 5.41) is 2.77. The second kappa shape index (κ2) is 5.50.